The summed E-state index contributed by atoms with van der Waals surface area (Å²) < 4.78 is 11.1. The molecule has 5 rings (SSSR count). The zero-order valence-electron chi connectivity index (χ0n) is 18.1. The molecule has 6 nitrogen and oxygen atoms in total. The van der Waals surface area contributed by atoms with E-state index in [9.17, 15) is 19.5 Å². The molecule has 3 saturated carbocycles. The molecule has 5 aliphatic rings. The second-order valence-corrected chi connectivity index (χ2v) is 10.8. The van der Waals surface area contributed by atoms with Crippen LogP contribution < -0.4 is 0 Å². The molecule has 0 aromatic rings. The van der Waals surface area contributed by atoms with Crippen LogP contribution in [0.4, 0.5) is 0 Å². The van der Waals surface area contributed by atoms with Gasteiger partial charge in [-0.15, -0.1) is 0 Å². The first kappa shape index (κ1) is 20.2. The maximum atomic E-state index is 12.9. The molecule has 4 fully saturated rings. The SMILES string of the molecule is COC(=O)[C@@H]1C=C2CC(=O)CC[C@]2(C)[C@@H]2[C@@H]1C1CCC3(CCC(=O)O3)[C@@]1(C)C[C@H]2O. The minimum atomic E-state index is -0.611. The molecule has 0 aromatic heterocycles. The summed E-state index contributed by atoms with van der Waals surface area (Å²) in [7, 11) is 1.41. The Morgan fingerprint density at radius 2 is 1.97 bits per heavy atom. The number of rotatable bonds is 1. The smallest absolute Gasteiger partial charge is 0.312 e. The molecule has 30 heavy (non-hydrogen) atoms. The number of ether oxygens (including phenoxy) is 2. The predicted octanol–water partition coefficient (Wildman–Crippen LogP) is 2.96. The van der Waals surface area contributed by atoms with Gasteiger partial charge in [0.15, 0.2) is 0 Å². The lowest BCUT2D eigenvalue weighted by atomic mass is 9.44. The molecule has 6 heteroatoms. The molecule has 2 unspecified atom stereocenters. The number of Topliss-reactive ketones (excluding diaryl/α,β-unsaturated/α-hetero) is 1. The molecule has 164 valence electrons. The predicted molar refractivity (Wildman–Crippen MR) is 107 cm³/mol. The molecule has 0 aromatic carbocycles. The summed E-state index contributed by atoms with van der Waals surface area (Å²) in [4.78, 5) is 37.2. The van der Waals surface area contributed by atoms with Crippen molar-refractivity contribution in [2.75, 3.05) is 7.11 Å². The van der Waals surface area contributed by atoms with Crippen molar-refractivity contribution in [3.8, 4) is 0 Å². The van der Waals surface area contributed by atoms with Crippen LogP contribution in [0.5, 0.6) is 0 Å². The maximum Gasteiger partial charge on any atom is 0.312 e. The third-order valence-corrected chi connectivity index (χ3v) is 9.74. The fourth-order valence-corrected chi connectivity index (χ4v) is 8.26. The van der Waals surface area contributed by atoms with Crippen LogP contribution in [0.2, 0.25) is 0 Å². The standard InChI is InChI=1S/C24H32O6/c1-22-7-4-14(25)10-13(22)11-15(21(28)29-3)19-16-5-8-24(9-6-18(27)30-24)23(16,2)12-17(26)20(19)22/h11,15-17,19-20,26H,4-10,12H2,1-3H3/t15-,16?,17-,19+,20+,22+,23+,24?/m1/s1. The van der Waals surface area contributed by atoms with E-state index in [0.717, 1.165) is 18.4 Å². The van der Waals surface area contributed by atoms with Crippen molar-refractivity contribution >= 4 is 17.7 Å². The Bertz CT molecular complexity index is 847. The highest BCUT2D eigenvalue weighted by molar-refractivity contribution is 5.84. The van der Waals surface area contributed by atoms with Crippen molar-refractivity contribution in [2.24, 2.45) is 34.5 Å². The molecular weight excluding hydrogens is 384 g/mol. The molecule has 8 atom stereocenters. The van der Waals surface area contributed by atoms with Crippen LogP contribution in [-0.4, -0.2) is 41.6 Å². The average Bonchev–Trinajstić information content (AvgIpc) is 3.21. The van der Waals surface area contributed by atoms with Crippen molar-refractivity contribution in [3.63, 3.8) is 0 Å². The second kappa shape index (κ2) is 6.41. The van der Waals surface area contributed by atoms with E-state index in [1.165, 1.54) is 7.11 Å². The van der Waals surface area contributed by atoms with Gasteiger partial charge >= 0.3 is 11.9 Å². The van der Waals surface area contributed by atoms with Gasteiger partial charge in [-0.25, -0.2) is 0 Å². The first-order valence-corrected chi connectivity index (χ1v) is 11.4. The van der Waals surface area contributed by atoms with Gasteiger partial charge in [0, 0.05) is 24.7 Å². The molecule has 1 aliphatic heterocycles. The molecule has 0 radical (unpaired) electrons. The number of carbonyl (C=O) groups excluding carboxylic acids is 3. The number of aliphatic hydroxyl groups is 1. The summed E-state index contributed by atoms with van der Waals surface area (Å²) in [5.74, 6) is -0.728. The van der Waals surface area contributed by atoms with Gasteiger partial charge in [-0.05, 0) is 55.3 Å². The van der Waals surface area contributed by atoms with Crippen molar-refractivity contribution in [3.05, 3.63) is 11.6 Å². The summed E-state index contributed by atoms with van der Waals surface area (Å²) in [6.45, 7) is 4.33. The van der Waals surface area contributed by atoms with E-state index in [2.05, 4.69) is 13.8 Å². The van der Waals surface area contributed by atoms with E-state index in [0.29, 0.717) is 38.5 Å². The van der Waals surface area contributed by atoms with Crippen molar-refractivity contribution < 1.29 is 29.0 Å². The quantitative estimate of drug-likeness (QED) is 0.522. The van der Waals surface area contributed by atoms with Gasteiger partial charge in [-0.3, -0.25) is 14.4 Å². The fourth-order valence-electron chi connectivity index (χ4n) is 8.26. The van der Waals surface area contributed by atoms with Gasteiger partial charge in [-0.1, -0.05) is 25.5 Å². The minimum absolute atomic E-state index is 0.0770. The second-order valence-electron chi connectivity index (χ2n) is 10.8. The molecule has 1 spiro atoms. The first-order valence-electron chi connectivity index (χ1n) is 11.4. The third-order valence-electron chi connectivity index (χ3n) is 9.74. The van der Waals surface area contributed by atoms with Crippen LogP contribution in [0.25, 0.3) is 0 Å². The van der Waals surface area contributed by atoms with E-state index in [4.69, 9.17) is 9.47 Å². The normalized spacial score (nSPS) is 49.7. The van der Waals surface area contributed by atoms with E-state index < -0.39 is 17.6 Å². The Labute approximate surface area is 177 Å². The third kappa shape index (κ3) is 2.43. The van der Waals surface area contributed by atoms with Crippen LogP contribution >= 0.6 is 0 Å². The van der Waals surface area contributed by atoms with E-state index in [-0.39, 0.29) is 46.3 Å². The van der Waals surface area contributed by atoms with Gasteiger partial charge in [0.1, 0.15) is 11.4 Å². The summed E-state index contributed by atoms with van der Waals surface area (Å²) in [5.41, 5.74) is -0.183. The summed E-state index contributed by atoms with van der Waals surface area (Å²) in [6.07, 6.45) is 6.34. The molecule has 1 saturated heterocycles. The Kier molecular flexibility index (Phi) is 4.32. The number of hydrogen-bond acceptors (Lipinski definition) is 6. The Morgan fingerprint density at radius 3 is 2.63 bits per heavy atom. The van der Waals surface area contributed by atoms with E-state index >= 15 is 0 Å². The minimum Gasteiger partial charge on any atom is -0.469 e. The van der Waals surface area contributed by atoms with Crippen LogP contribution in [0.15, 0.2) is 11.6 Å². The van der Waals surface area contributed by atoms with Gasteiger partial charge < -0.3 is 14.6 Å². The van der Waals surface area contributed by atoms with Gasteiger partial charge in [-0.2, -0.15) is 0 Å². The highest BCUT2D eigenvalue weighted by Crippen LogP contribution is 2.70. The zero-order valence-corrected chi connectivity index (χ0v) is 18.1. The number of ketones is 1. The van der Waals surface area contributed by atoms with E-state index in [1.807, 2.05) is 6.08 Å². The molecule has 0 amide bonds. The van der Waals surface area contributed by atoms with Crippen molar-refractivity contribution in [1.82, 2.24) is 0 Å². The molecular formula is C24H32O6. The number of methoxy groups -OCH3 is 1. The first-order chi connectivity index (χ1) is 14.1. The highest BCUT2D eigenvalue weighted by Gasteiger charge is 2.70. The van der Waals surface area contributed by atoms with Crippen molar-refractivity contribution in [1.29, 1.82) is 0 Å². The lowest BCUT2D eigenvalue weighted by molar-refractivity contribution is -0.192. The Balaban J connectivity index is 1.63. The highest BCUT2D eigenvalue weighted by atomic mass is 16.6. The maximum absolute atomic E-state index is 12.9. The van der Waals surface area contributed by atoms with Crippen molar-refractivity contribution in [2.45, 2.75) is 76.9 Å². The number of aliphatic hydroxyl groups excluding tert-OH is 1. The van der Waals surface area contributed by atoms with E-state index in [1.54, 1.807) is 0 Å². The van der Waals surface area contributed by atoms with Crippen LogP contribution in [0.1, 0.15) is 65.2 Å². The molecule has 4 aliphatic carbocycles. The Hall–Kier alpha value is -1.69. The van der Waals surface area contributed by atoms with Gasteiger partial charge in [0.25, 0.3) is 0 Å². The summed E-state index contributed by atoms with van der Waals surface area (Å²) >= 11 is 0. The number of fused-ring (bicyclic) bond motifs is 6. The average molecular weight is 417 g/mol. The lowest BCUT2D eigenvalue weighted by Crippen LogP contribution is -2.62. The summed E-state index contributed by atoms with van der Waals surface area (Å²) in [6, 6.07) is 0. The Morgan fingerprint density at radius 1 is 1.20 bits per heavy atom. The van der Waals surface area contributed by atoms with Crippen LogP contribution in [0, 0.1) is 34.5 Å². The van der Waals surface area contributed by atoms with Crippen LogP contribution in [-0.2, 0) is 23.9 Å². The fraction of sp³-hybridized carbons (Fsp3) is 0.792. The lowest BCUT2D eigenvalue weighted by Gasteiger charge is -2.61. The number of esters is 2. The summed E-state index contributed by atoms with van der Waals surface area (Å²) in [5, 5.41) is 11.6. The number of allylic oxidation sites excluding steroid dienone is 1. The number of carbonyl (C=O) groups is 3. The van der Waals surface area contributed by atoms with Gasteiger partial charge in [0.2, 0.25) is 0 Å². The largest absolute Gasteiger partial charge is 0.469 e. The molecule has 0 bridgehead atoms. The van der Waals surface area contributed by atoms with Crippen LogP contribution in [0.3, 0.4) is 0 Å². The topological polar surface area (TPSA) is 89.9 Å². The monoisotopic (exact) mass is 416 g/mol. The zero-order chi connectivity index (χ0) is 21.5. The van der Waals surface area contributed by atoms with Gasteiger partial charge in [0.05, 0.1) is 19.1 Å². The number of hydrogen-bond donors (Lipinski definition) is 1. The molecule has 1 N–H and O–H groups in total. The molecule has 1 heterocycles.